The fourth-order valence-corrected chi connectivity index (χ4v) is 2.59. The SMILES string of the molecule is CCNC(Cc1ccncc1)Cc1ccc(Br)cc1F. The summed E-state index contributed by atoms with van der Waals surface area (Å²) in [6.07, 6.45) is 5.12. The molecule has 0 fully saturated rings. The topological polar surface area (TPSA) is 24.9 Å². The van der Waals surface area contributed by atoms with Crippen LogP contribution in [0.25, 0.3) is 0 Å². The van der Waals surface area contributed by atoms with E-state index in [9.17, 15) is 4.39 Å². The molecule has 0 saturated heterocycles. The van der Waals surface area contributed by atoms with Gasteiger partial charge in [0, 0.05) is 22.9 Å². The van der Waals surface area contributed by atoms with Crippen molar-refractivity contribution in [3.05, 3.63) is 64.1 Å². The van der Waals surface area contributed by atoms with Gasteiger partial charge in [0.05, 0.1) is 0 Å². The Kier molecular flexibility index (Phi) is 5.68. The average Bonchev–Trinajstić information content (AvgIpc) is 2.43. The molecule has 0 spiro atoms. The number of hydrogen-bond acceptors (Lipinski definition) is 2. The lowest BCUT2D eigenvalue weighted by atomic mass is 9.99. The summed E-state index contributed by atoms with van der Waals surface area (Å²) in [5.41, 5.74) is 1.96. The lowest BCUT2D eigenvalue weighted by Crippen LogP contribution is -2.33. The van der Waals surface area contributed by atoms with Crippen LogP contribution in [-0.2, 0) is 12.8 Å². The van der Waals surface area contributed by atoms with Crippen LogP contribution in [0.1, 0.15) is 18.1 Å². The molecule has 0 aliphatic rings. The van der Waals surface area contributed by atoms with Crippen LogP contribution in [0.4, 0.5) is 4.39 Å². The zero-order chi connectivity index (χ0) is 14.4. The summed E-state index contributed by atoms with van der Waals surface area (Å²) < 4.78 is 14.7. The number of pyridine rings is 1. The van der Waals surface area contributed by atoms with Gasteiger partial charge in [0.2, 0.25) is 0 Å². The van der Waals surface area contributed by atoms with Gasteiger partial charge < -0.3 is 5.32 Å². The van der Waals surface area contributed by atoms with Gasteiger partial charge in [0.1, 0.15) is 5.82 Å². The van der Waals surface area contributed by atoms with Crippen molar-refractivity contribution in [2.45, 2.75) is 25.8 Å². The second-order valence-corrected chi connectivity index (χ2v) is 5.67. The molecule has 1 aromatic heterocycles. The Morgan fingerprint density at radius 1 is 1.20 bits per heavy atom. The van der Waals surface area contributed by atoms with Gasteiger partial charge >= 0.3 is 0 Å². The van der Waals surface area contributed by atoms with Gasteiger partial charge in [0.25, 0.3) is 0 Å². The molecular weight excluding hydrogens is 319 g/mol. The summed E-state index contributed by atoms with van der Waals surface area (Å²) in [6.45, 7) is 2.94. The van der Waals surface area contributed by atoms with Gasteiger partial charge in [-0.25, -0.2) is 4.39 Å². The summed E-state index contributed by atoms with van der Waals surface area (Å²) in [7, 11) is 0. The van der Waals surface area contributed by atoms with E-state index in [4.69, 9.17) is 0 Å². The van der Waals surface area contributed by atoms with Gasteiger partial charge in [-0.2, -0.15) is 0 Å². The van der Waals surface area contributed by atoms with Crippen molar-refractivity contribution in [3.63, 3.8) is 0 Å². The van der Waals surface area contributed by atoms with E-state index < -0.39 is 0 Å². The molecule has 2 nitrogen and oxygen atoms in total. The van der Waals surface area contributed by atoms with Crippen molar-refractivity contribution >= 4 is 15.9 Å². The van der Waals surface area contributed by atoms with E-state index in [1.54, 1.807) is 12.4 Å². The van der Waals surface area contributed by atoms with Gasteiger partial charge in [-0.3, -0.25) is 4.98 Å². The first-order valence-electron chi connectivity index (χ1n) is 6.75. The third-order valence-corrected chi connectivity index (χ3v) is 3.70. The Hall–Kier alpha value is -1.26. The van der Waals surface area contributed by atoms with E-state index in [0.29, 0.717) is 6.42 Å². The summed E-state index contributed by atoms with van der Waals surface area (Å²) in [5.74, 6) is -0.156. The van der Waals surface area contributed by atoms with Crippen molar-refractivity contribution in [1.29, 1.82) is 0 Å². The van der Waals surface area contributed by atoms with Gasteiger partial charge in [-0.1, -0.05) is 28.9 Å². The molecule has 2 aromatic rings. The van der Waals surface area contributed by atoms with Crippen LogP contribution in [0.3, 0.4) is 0 Å². The summed E-state index contributed by atoms with van der Waals surface area (Å²) in [4.78, 5) is 4.02. The zero-order valence-electron chi connectivity index (χ0n) is 11.4. The molecule has 1 unspecified atom stereocenters. The number of rotatable bonds is 6. The Labute approximate surface area is 127 Å². The van der Waals surface area contributed by atoms with E-state index in [0.717, 1.165) is 23.0 Å². The highest BCUT2D eigenvalue weighted by molar-refractivity contribution is 9.10. The molecule has 0 radical (unpaired) electrons. The third-order valence-electron chi connectivity index (χ3n) is 3.21. The quantitative estimate of drug-likeness (QED) is 0.868. The average molecular weight is 337 g/mol. The molecular formula is C16H18BrFN2. The third kappa shape index (κ3) is 4.39. The number of halogens is 2. The largest absolute Gasteiger partial charge is 0.314 e. The van der Waals surface area contributed by atoms with Gasteiger partial charge in [0.15, 0.2) is 0 Å². The second kappa shape index (κ2) is 7.50. The van der Waals surface area contributed by atoms with E-state index in [1.165, 1.54) is 11.6 Å². The number of likely N-dealkylation sites (N-methyl/N-ethyl adjacent to an activating group) is 1. The van der Waals surface area contributed by atoms with Crippen LogP contribution in [-0.4, -0.2) is 17.6 Å². The smallest absolute Gasteiger partial charge is 0.127 e. The highest BCUT2D eigenvalue weighted by Gasteiger charge is 2.12. The Balaban J connectivity index is 2.09. The molecule has 1 aromatic carbocycles. The van der Waals surface area contributed by atoms with Crippen LogP contribution < -0.4 is 5.32 Å². The van der Waals surface area contributed by atoms with Crippen molar-refractivity contribution in [2.24, 2.45) is 0 Å². The molecule has 1 heterocycles. The molecule has 2 rings (SSSR count). The summed E-state index contributed by atoms with van der Waals surface area (Å²) >= 11 is 3.28. The van der Waals surface area contributed by atoms with E-state index >= 15 is 0 Å². The maximum atomic E-state index is 13.9. The van der Waals surface area contributed by atoms with Gasteiger partial charge in [-0.15, -0.1) is 0 Å². The first kappa shape index (κ1) is 15.1. The van der Waals surface area contributed by atoms with E-state index in [2.05, 4.69) is 33.2 Å². The van der Waals surface area contributed by atoms with Crippen LogP contribution in [0, 0.1) is 5.82 Å². The second-order valence-electron chi connectivity index (χ2n) is 4.75. The minimum atomic E-state index is -0.156. The first-order chi connectivity index (χ1) is 9.69. The predicted octanol–water partition coefficient (Wildman–Crippen LogP) is 3.75. The Morgan fingerprint density at radius 2 is 1.95 bits per heavy atom. The molecule has 0 aliphatic carbocycles. The maximum Gasteiger partial charge on any atom is 0.127 e. The molecule has 1 N–H and O–H groups in total. The molecule has 0 bridgehead atoms. The molecule has 0 amide bonds. The molecule has 1 atom stereocenters. The molecule has 20 heavy (non-hydrogen) atoms. The van der Waals surface area contributed by atoms with E-state index in [-0.39, 0.29) is 11.9 Å². The van der Waals surface area contributed by atoms with Crippen molar-refractivity contribution in [3.8, 4) is 0 Å². The standard InChI is InChI=1S/C16H18BrFN2/c1-2-20-15(9-12-5-7-19-8-6-12)10-13-3-4-14(17)11-16(13)18/h3-8,11,15,20H,2,9-10H2,1H3. The molecule has 106 valence electrons. The highest BCUT2D eigenvalue weighted by atomic mass is 79.9. The number of nitrogens with zero attached hydrogens (tertiary/aromatic N) is 1. The van der Waals surface area contributed by atoms with Gasteiger partial charge in [-0.05, 0) is 54.8 Å². The fourth-order valence-electron chi connectivity index (χ4n) is 2.26. The minimum absolute atomic E-state index is 0.156. The molecule has 0 aliphatic heterocycles. The van der Waals surface area contributed by atoms with Crippen molar-refractivity contribution in [1.82, 2.24) is 10.3 Å². The van der Waals surface area contributed by atoms with Crippen LogP contribution in [0.5, 0.6) is 0 Å². The Morgan fingerprint density at radius 3 is 2.60 bits per heavy atom. The lowest BCUT2D eigenvalue weighted by molar-refractivity contribution is 0.505. The number of aromatic nitrogens is 1. The van der Waals surface area contributed by atoms with Crippen LogP contribution >= 0.6 is 15.9 Å². The summed E-state index contributed by atoms with van der Waals surface area (Å²) in [5, 5.41) is 3.42. The molecule has 4 heteroatoms. The van der Waals surface area contributed by atoms with Crippen LogP contribution in [0.2, 0.25) is 0 Å². The number of nitrogens with one attached hydrogen (secondary N) is 1. The van der Waals surface area contributed by atoms with Crippen LogP contribution in [0.15, 0.2) is 47.2 Å². The fraction of sp³-hybridized carbons (Fsp3) is 0.312. The Bertz CT molecular complexity index is 545. The number of benzene rings is 1. The normalized spacial score (nSPS) is 12.3. The van der Waals surface area contributed by atoms with Crippen molar-refractivity contribution < 1.29 is 4.39 Å². The summed E-state index contributed by atoms with van der Waals surface area (Å²) in [6, 6.07) is 9.47. The first-order valence-corrected chi connectivity index (χ1v) is 7.54. The predicted molar refractivity (Wildman–Crippen MR) is 83.2 cm³/mol. The monoisotopic (exact) mass is 336 g/mol. The molecule has 0 saturated carbocycles. The zero-order valence-corrected chi connectivity index (χ0v) is 13.0. The number of hydrogen-bond donors (Lipinski definition) is 1. The van der Waals surface area contributed by atoms with E-state index in [1.807, 2.05) is 24.3 Å². The van der Waals surface area contributed by atoms with Crippen molar-refractivity contribution in [2.75, 3.05) is 6.54 Å². The highest BCUT2D eigenvalue weighted by Crippen LogP contribution is 2.17. The minimum Gasteiger partial charge on any atom is -0.314 e. The maximum absolute atomic E-state index is 13.9. The lowest BCUT2D eigenvalue weighted by Gasteiger charge is -2.18.